The molecule has 2 N–H and O–H groups in total. The van der Waals surface area contributed by atoms with Gasteiger partial charge in [0.2, 0.25) is 0 Å². The summed E-state index contributed by atoms with van der Waals surface area (Å²) >= 11 is 0. The first-order valence-electron chi connectivity index (χ1n) is 4.88. The average Bonchev–Trinajstić information content (AvgIpc) is 2.69. The van der Waals surface area contributed by atoms with Crippen molar-refractivity contribution in [2.75, 3.05) is 0 Å². The van der Waals surface area contributed by atoms with Crippen LogP contribution in [0.15, 0.2) is 12.4 Å². The summed E-state index contributed by atoms with van der Waals surface area (Å²) in [6.45, 7) is 1.47. The zero-order chi connectivity index (χ0) is 13.5. The minimum atomic E-state index is -4.65. The number of hydrogen-bond acceptors (Lipinski definition) is 5. The van der Waals surface area contributed by atoms with Gasteiger partial charge in [-0.15, -0.1) is 5.10 Å². The Hall–Kier alpha value is -2.03. The molecule has 6 nitrogen and oxygen atoms in total. The monoisotopic (exact) mass is 259 g/mol. The van der Waals surface area contributed by atoms with Crippen LogP contribution in [0.25, 0.3) is 5.78 Å². The van der Waals surface area contributed by atoms with Crippen molar-refractivity contribution in [3.63, 3.8) is 0 Å². The first-order chi connectivity index (χ1) is 8.29. The SMILES string of the molecule is CC(N)C(=O)c1cnc2nc(C(F)(F)F)nn2c1. The first-order valence-corrected chi connectivity index (χ1v) is 4.88. The molecule has 2 rings (SSSR count). The third kappa shape index (κ3) is 2.16. The van der Waals surface area contributed by atoms with Gasteiger partial charge in [0.05, 0.1) is 11.6 Å². The Morgan fingerprint density at radius 2 is 2.17 bits per heavy atom. The van der Waals surface area contributed by atoms with Gasteiger partial charge in [-0.05, 0) is 6.92 Å². The van der Waals surface area contributed by atoms with E-state index in [0.29, 0.717) is 0 Å². The van der Waals surface area contributed by atoms with Crippen LogP contribution in [0.3, 0.4) is 0 Å². The van der Waals surface area contributed by atoms with Crippen LogP contribution in [-0.4, -0.2) is 31.4 Å². The molecule has 0 aromatic carbocycles. The zero-order valence-electron chi connectivity index (χ0n) is 9.14. The van der Waals surface area contributed by atoms with E-state index in [-0.39, 0.29) is 11.3 Å². The summed E-state index contributed by atoms with van der Waals surface area (Å²) in [5, 5.41) is 3.21. The molecular formula is C9H8F3N5O. The van der Waals surface area contributed by atoms with Crippen LogP contribution >= 0.6 is 0 Å². The number of aromatic nitrogens is 4. The molecule has 96 valence electrons. The maximum atomic E-state index is 12.4. The van der Waals surface area contributed by atoms with E-state index in [4.69, 9.17) is 5.73 Å². The van der Waals surface area contributed by atoms with Gasteiger partial charge in [-0.1, -0.05) is 0 Å². The van der Waals surface area contributed by atoms with E-state index < -0.39 is 23.8 Å². The Morgan fingerprint density at radius 3 is 2.72 bits per heavy atom. The number of rotatable bonds is 2. The fourth-order valence-corrected chi connectivity index (χ4v) is 1.29. The zero-order valence-corrected chi connectivity index (χ0v) is 9.14. The number of carbonyl (C=O) groups excluding carboxylic acids is 1. The topological polar surface area (TPSA) is 86.2 Å². The third-order valence-corrected chi connectivity index (χ3v) is 2.15. The van der Waals surface area contributed by atoms with Crippen LogP contribution in [0.2, 0.25) is 0 Å². The highest BCUT2D eigenvalue weighted by atomic mass is 19.4. The van der Waals surface area contributed by atoms with Gasteiger partial charge in [0.15, 0.2) is 5.78 Å². The normalized spacial score (nSPS) is 13.8. The molecule has 18 heavy (non-hydrogen) atoms. The van der Waals surface area contributed by atoms with Crippen molar-refractivity contribution in [2.24, 2.45) is 5.73 Å². The number of nitrogens with zero attached hydrogens (tertiary/aromatic N) is 4. The Labute approximate surface area is 98.6 Å². The van der Waals surface area contributed by atoms with Gasteiger partial charge in [0.25, 0.3) is 11.6 Å². The smallest absolute Gasteiger partial charge is 0.321 e. The lowest BCUT2D eigenvalue weighted by atomic mass is 10.1. The summed E-state index contributed by atoms with van der Waals surface area (Å²) in [5.41, 5.74) is 5.46. The molecule has 1 atom stereocenters. The largest absolute Gasteiger partial charge is 0.453 e. The number of hydrogen-bond donors (Lipinski definition) is 1. The fourth-order valence-electron chi connectivity index (χ4n) is 1.29. The molecule has 0 aliphatic carbocycles. The van der Waals surface area contributed by atoms with Crippen molar-refractivity contribution in [3.8, 4) is 0 Å². The minimum Gasteiger partial charge on any atom is -0.321 e. The van der Waals surface area contributed by atoms with Crippen molar-refractivity contribution < 1.29 is 18.0 Å². The Balaban J connectivity index is 2.49. The molecule has 0 radical (unpaired) electrons. The predicted molar refractivity (Wildman–Crippen MR) is 53.8 cm³/mol. The van der Waals surface area contributed by atoms with Crippen LogP contribution in [0, 0.1) is 0 Å². The van der Waals surface area contributed by atoms with Crippen molar-refractivity contribution in [1.29, 1.82) is 0 Å². The molecule has 2 aromatic heterocycles. The van der Waals surface area contributed by atoms with E-state index in [1.807, 2.05) is 0 Å². The minimum absolute atomic E-state index is 0.0797. The number of Topliss-reactive ketones (excluding diaryl/α,β-unsaturated/α-hetero) is 1. The lowest BCUT2D eigenvalue weighted by Crippen LogP contribution is -2.27. The van der Waals surface area contributed by atoms with Gasteiger partial charge < -0.3 is 5.73 Å². The van der Waals surface area contributed by atoms with Gasteiger partial charge in [0.1, 0.15) is 0 Å². The molecular weight excluding hydrogens is 251 g/mol. The standard InChI is InChI=1S/C9H8F3N5O/c1-4(13)6(18)5-2-14-8-15-7(9(10,11)12)16-17(8)3-5/h2-4H,13H2,1H3. The predicted octanol–water partition coefficient (Wildman–Crippen LogP) is 0.673. The van der Waals surface area contributed by atoms with Crippen molar-refractivity contribution in [3.05, 3.63) is 23.8 Å². The molecule has 0 saturated carbocycles. The number of alkyl halides is 3. The lowest BCUT2D eigenvalue weighted by Gasteiger charge is -2.03. The molecule has 0 aliphatic heterocycles. The van der Waals surface area contributed by atoms with Crippen LogP contribution in [-0.2, 0) is 6.18 Å². The number of carbonyl (C=O) groups is 1. The lowest BCUT2D eigenvalue weighted by molar-refractivity contribution is -0.144. The average molecular weight is 259 g/mol. The first kappa shape index (κ1) is 12.4. The summed E-state index contributed by atoms with van der Waals surface area (Å²) in [5.74, 6) is -1.97. The maximum Gasteiger partial charge on any atom is 0.453 e. The molecule has 2 aromatic rings. The summed E-state index contributed by atoms with van der Waals surface area (Å²) < 4.78 is 37.9. The number of nitrogens with two attached hydrogens (primary N) is 1. The maximum absolute atomic E-state index is 12.4. The van der Waals surface area contributed by atoms with E-state index in [1.54, 1.807) is 0 Å². The number of ketones is 1. The van der Waals surface area contributed by atoms with E-state index in [0.717, 1.165) is 16.9 Å². The van der Waals surface area contributed by atoms with Crippen LogP contribution in [0.1, 0.15) is 23.1 Å². The number of fused-ring (bicyclic) bond motifs is 1. The second-order valence-corrected chi connectivity index (χ2v) is 3.67. The van der Waals surface area contributed by atoms with Gasteiger partial charge in [-0.2, -0.15) is 18.2 Å². The van der Waals surface area contributed by atoms with Gasteiger partial charge in [0, 0.05) is 12.4 Å². The van der Waals surface area contributed by atoms with E-state index >= 15 is 0 Å². The number of halogens is 3. The van der Waals surface area contributed by atoms with E-state index in [9.17, 15) is 18.0 Å². The van der Waals surface area contributed by atoms with Crippen molar-refractivity contribution >= 4 is 11.6 Å². The molecule has 1 unspecified atom stereocenters. The second kappa shape index (κ2) is 4.02. The second-order valence-electron chi connectivity index (χ2n) is 3.67. The Bertz CT molecular complexity index is 604. The van der Waals surface area contributed by atoms with E-state index in [2.05, 4.69) is 15.1 Å². The molecule has 2 heterocycles. The molecule has 0 aliphatic rings. The van der Waals surface area contributed by atoms with Crippen LogP contribution in [0.5, 0.6) is 0 Å². The Kier molecular flexibility index (Phi) is 2.77. The Morgan fingerprint density at radius 1 is 1.50 bits per heavy atom. The van der Waals surface area contributed by atoms with Gasteiger partial charge in [-0.25, -0.2) is 9.50 Å². The molecule has 0 spiro atoms. The highest BCUT2D eigenvalue weighted by Crippen LogP contribution is 2.26. The fraction of sp³-hybridized carbons (Fsp3) is 0.333. The van der Waals surface area contributed by atoms with Crippen molar-refractivity contribution in [1.82, 2.24) is 19.6 Å². The molecule has 9 heteroatoms. The van der Waals surface area contributed by atoms with Crippen molar-refractivity contribution in [2.45, 2.75) is 19.1 Å². The highest BCUT2D eigenvalue weighted by molar-refractivity contribution is 5.99. The highest BCUT2D eigenvalue weighted by Gasteiger charge is 2.36. The van der Waals surface area contributed by atoms with Gasteiger partial charge in [-0.3, -0.25) is 4.79 Å². The summed E-state index contributed by atoms with van der Waals surface area (Å²) in [6, 6.07) is -0.769. The summed E-state index contributed by atoms with van der Waals surface area (Å²) in [4.78, 5) is 18.4. The summed E-state index contributed by atoms with van der Waals surface area (Å²) in [7, 11) is 0. The molecule has 0 bridgehead atoms. The molecule has 0 saturated heterocycles. The molecule has 0 amide bonds. The molecule has 0 fully saturated rings. The quantitative estimate of drug-likeness (QED) is 0.801. The summed E-state index contributed by atoms with van der Waals surface area (Å²) in [6.07, 6.45) is -2.41. The van der Waals surface area contributed by atoms with Gasteiger partial charge >= 0.3 is 6.18 Å². The van der Waals surface area contributed by atoms with Crippen LogP contribution in [0.4, 0.5) is 13.2 Å². The third-order valence-electron chi connectivity index (χ3n) is 2.15. The van der Waals surface area contributed by atoms with Crippen LogP contribution < -0.4 is 5.73 Å². The van der Waals surface area contributed by atoms with E-state index in [1.165, 1.54) is 6.92 Å².